The number of aromatic nitrogens is 1. The van der Waals surface area contributed by atoms with E-state index in [2.05, 4.69) is 14.9 Å². The number of aromatic amines is 1. The number of hydrogen-bond acceptors (Lipinski definition) is 3. The Morgan fingerprint density at radius 2 is 1.66 bits per heavy atom. The van der Waals surface area contributed by atoms with Crippen LogP contribution in [0.3, 0.4) is 0 Å². The molecule has 1 aliphatic rings. The van der Waals surface area contributed by atoms with Crippen LogP contribution in [-0.4, -0.2) is 65.5 Å². The molecule has 0 radical (unpaired) electrons. The zero-order valence-corrected chi connectivity index (χ0v) is 16.1. The quantitative estimate of drug-likeness (QED) is 0.323. The highest BCUT2D eigenvalue weighted by molar-refractivity contribution is 6.44. The number of rotatable bonds is 3. The molecule has 3 aromatic rings. The number of halogens is 1. The first kappa shape index (κ1) is 18.9. The second-order valence-corrected chi connectivity index (χ2v) is 6.89. The second kappa shape index (κ2) is 7.87. The van der Waals surface area contributed by atoms with Gasteiger partial charge in [-0.3, -0.25) is 14.6 Å². The van der Waals surface area contributed by atoms with E-state index >= 15 is 0 Å². The second-order valence-electron chi connectivity index (χ2n) is 6.89. The number of carbonyl (C=O) groups excluding carboxylic acids is 2. The average molecular weight is 392 g/mol. The van der Waals surface area contributed by atoms with Gasteiger partial charge in [0.2, 0.25) is 0 Å². The number of hydrogen-bond donors (Lipinski definition) is 1. The van der Waals surface area contributed by atoms with Crippen LogP contribution in [0, 0.1) is 5.82 Å². The molecule has 4 rings (SSSR count). The number of nitrogens with zero attached hydrogens (tertiary/aromatic N) is 3. The summed E-state index contributed by atoms with van der Waals surface area (Å²) >= 11 is 0. The van der Waals surface area contributed by atoms with Gasteiger partial charge in [-0.1, -0.05) is 36.4 Å². The van der Waals surface area contributed by atoms with Gasteiger partial charge in [0.15, 0.2) is 0 Å². The molecule has 1 saturated heterocycles. The van der Waals surface area contributed by atoms with Crippen LogP contribution >= 0.6 is 0 Å². The third kappa shape index (κ3) is 3.51. The molecule has 0 atom stereocenters. The monoisotopic (exact) mass is 392 g/mol. The highest BCUT2D eigenvalue weighted by atomic mass is 19.1. The van der Waals surface area contributed by atoms with Gasteiger partial charge in [0.05, 0.1) is 5.56 Å². The Bertz CT molecular complexity index is 1080. The van der Waals surface area contributed by atoms with Crippen LogP contribution < -0.4 is 0 Å². The summed E-state index contributed by atoms with van der Waals surface area (Å²) in [6, 6.07) is 14.4. The SMILES string of the molecule is C/N=C(\c1ccccc1)N1CCN(C(=O)C(=O)c2c[nH]c3cccc(F)c23)CC1. The summed E-state index contributed by atoms with van der Waals surface area (Å²) in [7, 11) is 1.74. The third-order valence-electron chi connectivity index (χ3n) is 5.20. The van der Waals surface area contributed by atoms with Crippen molar-refractivity contribution in [1.82, 2.24) is 14.8 Å². The summed E-state index contributed by atoms with van der Waals surface area (Å²) in [5.74, 6) is -0.954. The fourth-order valence-corrected chi connectivity index (χ4v) is 3.74. The minimum absolute atomic E-state index is 0.0747. The van der Waals surface area contributed by atoms with Crippen LogP contribution in [0.4, 0.5) is 4.39 Å². The lowest BCUT2D eigenvalue weighted by atomic mass is 10.1. The zero-order chi connectivity index (χ0) is 20.4. The first-order valence-electron chi connectivity index (χ1n) is 9.46. The largest absolute Gasteiger partial charge is 0.360 e. The van der Waals surface area contributed by atoms with Gasteiger partial charge in [0.1, 0.15) is 11.7 Å². The minimum Gasteiger partial charge on any atom is -0.360 e. The van der Waals surface area contributed by atoms with Crippen molar-refractivity contribution in [2.24, 2.45) is 4.99 Å². The fraction of sp³-hybridized carbons (Fsp3) is 0.227. The Balaban J connectivity index is 1.47. The van der Waals surface area contributed by atoms with Crippen molar-refractivity contribution in [1.29, 1.82) is 0 Å². The number of ketones is 1. The molecule has 1 amide bonds. The average Bonchev–Trinajstić information content (AvgIpc) is 3.20. The Kier molecular flexibility index (Phi) is 5.12. The van der Waals surface area contributed by atoms with Gasteiger partial charge in [-0.25, -0.2) is 4.39 Å². The minimum atomic E-state index is -0.692. The van der Waals surface area contributed by atoms with Crippen molar-refractivity contribution in [2.45, 2.75) is 0 Å². The van der Waals surface area contributed by atoms with E-state index in [9.17, 15) is 14.0 Å². The fourth-order valence-electron chi connectivity index (χ4n) is 3.74. The summed E-state index contributed by atoms with van der Waals surface area (Å²) in [4.78, 5) is 36.4. The van der Waals surface area contributed by atoms with E-state index in [1.807, 2.05) is 30.3 Å². The summed E-state index contributed by atoms with van der Waals surface area (Å²) in [5.41, 5.74) is 1.59. The van der Waals surface area contributed by atoms with Crippen LogP contribution in [0.25, 0.3) is 10.9 Å². The predicted molar refractivity (Wildman–Crippen MR) is 110 cm³/mol. The van der Waals surface area contributed by atoms with E-state index in [1.54, 1.807) is 19.2 Å². The lowest BCUT2D eigenvalue weighted by molar-refractivity contribution is -0.127. The molecular formula is C22H21FN4O2. The van der Waals surface area contributed by atoms with Gasteiger partial charge < -0.3 is 14.8 Å². The van der Waals surface area contributed by atoms with Crippen molar-refractivity contribution in [3.05, 3.63) is 71.7 Å². The maximum absolute atomic E-state index is 14.2. The van der Waals surface area contributed by atoms with Crippen molar-refractivity contribution < 1.29 is 14.0 Å². The summed E-state index contributed by atoms with van der Waals surface area (Å²) in [5, 5.41) is 0.161. The van der Waals surface area contributed by atoms with Crippen LogP contribution in [0.5, 0.6) is 0 Å². The van der Waals surface area contributed by atoms with Gasteiger partial charge in [0, 0.05) is 55.9 Å². The highest BCUT2D eigenvalue weighted by Gasteiger charge is 2.30. The summed E-state index contributed by atoms with van der Waals surface area (Å²) < 4.78 is 14.2. The van der Waals surface area contributed by atoms with Gasteiger partial charge in [-0.2, -0.15) is 0 Å². The standard InChI is InChI=1S/C22H21FN4O2/c1-24-21(15-6-3-2-4-7-15)26-10-12-27(13-11-26)22(29)20(28)16-14-25-18-9-5-8-17(23)19(16)18/h2-9,14,25H,10-13H2,1H3/b24-21+. The molecule has 29 heavy (non-hydrogen) atoms. The van der Waals surface area contributed by atoms with Crippen LogP contribution in [0.2, 0.25) is 0 Å². The molecule has 2 heterocycles. The van der Waals surface area contributed by atoms with E-state index in [0.29, 0.717) is 31.7 Å². The number of amidine groups is 1. The van der Waals surface area contributed by atoms with Crippen molar-refractivity contribution in [3.63, 3.8) is 0 Å². The number of aliphatic imine (C=N–C) groups is 1. The first-order valence-corrected chi connectivity index (χ1v) is 9.46. The first-order chi connectivity index (χ1) is 14.1. The molecule has 1 aliphatic heterocycles. The summed E-state index contributed by atoms with van der Waals surface area (Å²) in [6.45, 7) is 1.95. The molecule has 0 aliphatic carbocycles. The van der Waals surface area contributed by atoms with Crippen LogP contribution in [0.15, 0.2) is 59.7 Å². The number of Topliss-reactive ketones (excluding diaryl/α,β-unsaturated/α-hetero) is 1. The van der Waals surface area contributed by atoms with Crippen molar-refractivity contribution in [3.8, 4) is 0 Å². The molecular weight excluding hydrogens is 371 g/mol. The molecule has 0 saturated carbocycles. The molecule has 0 unspecified atom stereocenters. The number of nitrogens with one attached hydrogen (secondary N) is 1. The van der Waals surface area contributed by atoms with Crippen LogP contribution in [0.1, 0.15) is 15.9 Å². The topological polar surface area (TPSA) is 68.8 Å². The van der Waals surface area contributed by atoms with E-state index in [4.69, 9.17) is 0 Å². The molecule has 7 heteroatoms. The predicted octanol–water partition coefficient (Wildman–Crippen LogP) is 2.71. The Labute approximate surface area is 167 Å². The molecule has 1 N–H and O–H groups in total. The van der Waals surface area contributed by atoms with E-state index < -0.39 is 17.5 Å². The van der Waals surface area contributed by atoms with E-state index in [1.165, 1.54) is 17.2 Å². The van der Waals surface area contributed by atoms with E-state index in [0.717, 1.165) is 11.4 Å². The maximum atomic E-state index is 14.2. The number of fused-ring (bicyclic) bond motifs is 1. The molecule has 148 valence electrons. The molecule has 0 spiro atoms. The van der Waals surface area contributed by atoms with Crippen molar-refractivity contribution >= 4 is 28.4 Å². The lowest BCUT2D eigenvalue weighted by Crippen LogP contribution is -2.52. The number of H-pyrrole nitrogens is 1. The number of amides is 1. The Morgan fingerprint density at radius 3 is 2.34 bits per heavy atom. The molecule has 2 aromatic carbocycles. The molecule has 1 fully saturated rings. The zero-order valence-electron chi connectivity index (χ0n) is 16.1. The van der Waals surface area contributed by atoms with Gasteiger partial charge in [-0.15, -0.1) is 0 Å². The van der Waals surface area contributed by atoms with Crippen molar-refractivity contribution in [2.75, 3.05) is 33.2 Å². The summed E-state index contributed by atoms with van der Waals surface area (Å²) in [6.07, 6.45) is 1.40. The highest BCUT2D eigenvalue weighted by Crippen LogP contribution is 2.22. The van der Waals surface area contributed by atoms with Gasteiger partial charge in [-0.05, 0) is 12.1 Å². The number of piperazine rings is 1. The van der Waals surface area contributed by atoms with E-state index in [-0.39, 0.29) is 10.9 Å². The Morgan fingerprint density at radius 1 is 0.966 bits per heavy atom. The number of carbonyl (C=O) groups is 2. The number of benzene rings is 2. The third-order valence-corrected chi connectivity index (χ3v) is 5.20. The Hall–Kier alpha value is -3.48. The van der Waals surface area contributed by atoms with Gasteiger partial charge >= 0.3 is 0 Å². The lowest BCUT2D eigenvalue weighted by Gasteiger charge is -2.36. The smallest absolute Gasteiger partial charge is 0.295 e. The van der Waals surface area contributed by atoms with Crippen LogP contribution in [-0.2, 0) is 4.79 Å². The molecule has 1 aromatic heterocycles. The maximum Gasteiger partial charge on any atom is 0.295 e. The molecule has 6 nitrogen and oxygen atoms in total. The van der Waals surface area contributed by atoms with Gasteiger partial charge in [0.25, 0.3) is 11.7 Å². The normalized spacial score (nSPS) is 15.0. The molecule has 0 bridgehead atoms.